The lowest BCUT2D eigenvalue weighted by atomic mass is 9.69. The van der Waals surface area contributed by atoms with E-state index in [0.29, 0.717) is 13.2 Å². The predicted molar refractivity (Wildman–Crippen MR) is 128 cm³/mol. The molecule has 0 spiro atoms. The average molecular weight is 436 g/mol. The van der Waals surface area contributed by atoms with Gasteiger partial charge in [-0.25, -0.2) is 9.97 Å². The van der Waals surface area contributed by atoms with Crippen LogP contribution in [0.2, 0.25) is 0 Å². The molecule has 4 heterocycles. The van der Waals surface area contributed by atoms with Crippen molar-refractivity contribution < 1.29 is 4.74 Å². The fourth-order valence-electron chi connectivity index (χ4n) is 5.27. The van der Waals surface area contributed by atoms with Gasteiger partial charge in [-0.05, 0) is 72.6 Å². The molecule has 0 radical (unpaired) electrons. The van der Waals surface area contributed by atoms with Gasteiger partial charge in [-0.2, -0.15) is 0 Å². The predicted octanol–water partition coefficient (Wildman–Crippen LogP) is 4.49. The van der Waals surface area contributed by atoms with E-state index in [1.807, 2.05) is 25.5 Å². The second-order valence-electron chi connectivity index (χ2n) is 10.3. The maximum atomic E-state index is 6.36. The highest BCUT2D eigenvalue weighted by Gasteiger charge is 2.52. The number of aromatic nitrogens is 3. The summed E-state index contributed by atoms with van der Waals surface area (Å²) >= 11 is 0. The van der Waals surface area contributed by atoms with Gasteiger partial charge in [0, 0.05) is 60.4 Å². The van der Waals surface area contributed by atoms with Crippen LogP contribution in [0.1, 0.15) is 75.8 Å². The summed E-state index contributed by atoms with van der Waals surface area (Å²) in [7, 11) is 0. The van der Waals surface area contributed by atoms with Crippen LogP contribution in [0.15, 0.2) is 29.5 Å². The van der Waals surface area contributed by atoms with Gasteiger partial charge in [-0.3, -0.25) is 14.9 Å². The number of hydrogen-bond donors (Lipinski definition) is 0. The Bertz CT molecular complexity index is 982. The lowest BCUT2D eigenvalue weighted by Gasteiger charge is -2.46. The summed E-state index contributed by atoms with van der Waals surface area (Å²) in [5.41, 5.74) is 4.11. The lowest BCUT2D eigenvalue weighted by molar-refractivity contribution is -0.109. The number of rotatable bonds is 8. The molecule has 0 aliphatic carbocycles. The van der Waals surface area contributed by atoms with Crippen molar-refractivity contribution in [2.24, 2.45) is 10.4 Å². The summed E-state index contributed by atoms with van der Waals surface area (Å²) in [6, 6.07) is 4.33. The molecule has 2 aliphatic heterocycles. The SMILES string of the molecule is CCOC(C)(C)[C@@]1(CCc2ncc3c(n2)C=NC3)CCN(C(C)(C)c2ccc(C)nc2)C1. The number of hydrogen-bond acceptors (Lipinski definition) is 6. The van der Waals surface area contributed by atoms with Crippen molar-refractivity contribution in [3.8, 4) is 0 Å². The van der Waals surface area contributed by atoms with Crippen molar-refractivity contribution in [1.29, 1.82) is 0 Å². The zero-order valence-electron chi connectivity index (χ0n) is 20.5. The van der Waals surface area contributed by atoms with Crippen LogP contribution in [0.4, 0.5) is 0 Å². The summed E-state index contributed by atoms with van der Waals surface area (Å²) in [4.78, 5) is 20.9. The van der Waals surface area contributed by atoms with Gasteiger partial charge in [0.2, 0.25) is 0 Å². The number of nitrogens with zero attached hydrogens (tertiary/aromatic N) is 5. The molecule has 2 aliphatic rings. The number of pyridine rings is 1. The highest BCUT2D eigenvalue weighted by Crippen LogP contribution is 2.49. The van der Waals surface area contributed by atoms with Gasteiger partial charge in [-0.15, -0.1) is 0 Å². The zero-order valence-corrected chi connectivity index (χ0v) is 20.5. The van der Waals surface area contributed by atoms with Crippen LogP contribution in [-0.4, -0.2) is 51.4 Å². The molecule has 6 heteroatoms. The Morgan fingerprint density at radius 2 is 1.94 bits per heavy atom. The molecule has 1 saturated heterocycles. The molecule has 0 N–H and O–H groups in total. The first kappa shape index (κ1) is 23.0. The van der Waals surface area contributed by atoms with E-state index in [2.05, 4.69) is 66.6 Å². The van der Waals surface area contributed by atoms with E-state index >= 15 is 0 Å². The summed E-state index contributed by atoms with van der Waals surface area (Å²) in [5, 5.41) is 0. The molecular weight excluding hydrogens is 398 g/mol. The molecule has 0 saturated carbocycles. The lowest BCUT2D eigenvalue weighted by Crippen LogP contribution is -2.50. The third-order valence-electron chi connectivity index (χ3n) is 7.79. The van der Waals surface area contributed by atoms with Gasteiger partial charge >= 0.3 is 0 Å². The van der Waals surface area contributed by atoms with Crippen molar-refractivity contribution in [3.05, 3.63) is 52.9 Å². The first-order valence-electron chi connectivity index (χ1n) is 11.8. The number of ether oxygens (including phenoxy) is 1. The highest BCUT2D eigenvalue weighted by molar-refractivity contribution is 5.81. The van der Waals surface area contributed by atoms with Gasteiger partial charge in [0.1, 0.15) is 5.82 Å². The van der Waals surface area contributed by atoms with E-state index in [1.54, 1.807) is 0 Å². The van der Waals surface area contributed by atoms with Crippen LogP contribution >= 0.6 is 0 Å². The van der Waals surface area contributed by atoms with Gasteiger partial charge in [-0.1, -0.05) is 6.07 Å². The van der Waals surface area contributed by atoms with E-state index in [4.69, 9.17) is 9.72 Å². The fourth-order valence-corrected chi connectivity index (χ4v) is 5.27. The number of likely N-dealkylation sites (tertiary alicyclic amines) is 1. The molecule has 6 nitrogen and oxygen atoms in total. The van der Waals surface area contributed by atoms with Crippen LogP contribution in [0.5, 0.6) is 0 Å². The molecule has 32 heavy (non-hydrogen) atoms. The molecule has 2 aromatic heterocycles. The Morgan fingerprint density at radius 1 is 1.12 bits per heavy atom. The first-order chi connectivity index (χ1) is 15.2. The van der Waals surface area contributed by atoms with E-state index in [9.17, 15) is 0 Å². The topological polar surface area (TPSA) is 63.5 Å². The molecule has 0 bridgehead atoms. The van der Waals surface area contributed by atoms with E-state index in [1.165, 1.54) is 5.56 Å². The van der Waals surface area contributed by atoms with Gasteiger partial charge in [0.05, 0.1) is 17.8 Å². The molecule has 0 unspecified atom stereocenters. The maximum absolute atomic E-state index is 6.36. The third kappa shape index (κ3) is 4.23. The molecule has 1 fully saturated rings. The molecule has 0 amide bonds. The quantitative estimate of drug-likeness (QED) is 0.611. The normalized spacial score (nSPS) is 21.3. The Kier molecular flexibility index (Phi) is 6.21. The summed E-state index contributed by atoms with van der Waals surface area (Å²) in [6.45, 7) is 16.7. The highest BCUT2D eigenvalue weighted by atomic mass is 16.5. The zero-order chi connectivity index (χ0) is 23.0. The first-order valence-corrected chi connectivity index (χ1v) is 11.8. The van der Waals surface area contributed by atoms with E-state index < -0.39 is 0 Å². The second kappa shape index (κ2) is 8.64. The molecular formula is C26H37N5O. The van der Waals surface area contributed by atoms with E-state index in [-0.39, 0.29) is 16.6 Å². The molecule has 2 aromatic rings. The number of fused-ring (bicyclic) bond motifs is 1. The summed E-state index contributed by atoms with van der Waals surface area (Å²) in [5.74, 6) is 0.907. The average Bonchev–Trinajstić information content (AvgIpc) is 3.40. The minimum absolute atomic E-state index is 0.0227. The number of aryl methyl sites for hydroxylation is 2. The molecule has 1 atom stereocenters. The Hall–Kier alpha value is -2.18. The van der Waals surface area contributed by atoms with Crippen molar-refractivity contribution in [2.45, 2.75) is 78.5 Å². The smallest absolute Gasteiger partial charge is 0.129 e. The van der Waals surface area contributed by atoms with Crippen molar-refractivity contribution in [2.75, 3.05) is 19.7 Å². The minimum Gasteiger partial charge on any atom is -0.375 e. The van der Waals surface area contributed by atoms with Gasteiger partial charge in [0.15, 0.2) is 0 Å². The third-order valence-corrected chi connectivity index (χ3v) is 7.79. The number of aliphatic imine (C=N–C) groups is 1. The monoisotopic (exact) mass is 435 g/mol. The fraction of sp³-hybridized carbons (Fsp3) is 0.615. The Morgan fingerprint density at radius 3 is 2.66 bits per heavy atom. The molecule has 0 aromatic carbocycles. The van der Waals surface area contributed by atoms with Crippen LogP contribution < -0.4 is 0 Å². The molecule has 4 rings (SSSR count). The summed E-state index contributed by atoms with van der Waals surface area (Å²) < 4.78 is 6.36. The maximum Gasteiger partial charge on any atom is 0.129 e. The second-order valence-corrected chi connectivity index (χ2v) is 10.3. The van der Waals surface area contributed by atoms with Crippen LogP contribution in [0.3, 0.4) is 0 Å². The van der Waals surface area contributed by atoms with Gasteiger partial charge < -0.3 is 4.74 Å². The van der Waals surface area contributed by atoms with Crippen molar-refractivity contribution in [3.63, 3.8) is 0 Å². The largest absolute Gasteiger partial charge is 0.375 e. The van der Waals surface area contributed by atoms with E-state index in [0.717, 1.165) is 55.1 Å². The standard InChI is InChI=1S/C26H37N5O/c1-7-32-25(5,6)26(11-10-23-29-15-20-14-27-17-22(20)30-23)12-13-31(18-26)24(3,4)21-9-8-19(2)28-16-21/h8-9,15-17H,7,10-14,18H2,1-6H3/t26-/m0/s1. The summed E-state index contributed by atoms with van der Waals surface area (Å²) in [6.07, 6.45) is 8.78. The van der Waals surface area contributed by atoms with Crippen molar-refractivity contribution in [1.82, 2.24) is 19.9 Å². The van der Waals surface area contributed by atoms with Crippen LogP contribution in [0.25, 0.3) is 0 Å². The van der Waals surface area contributed by atoms with Crippen LogP contribution in [0, 0.1) is 12.3 Å². The van der Waals surface area contributed by atoms with Crippen molar-refractivity contribution >= 4 is 6.21 Å². The Labute approximate surface area is 192 Å². The van der Waals surface area contributed by atoms with Gasteiger partial charge in [0.25, 0.3) is 0 Å². The minimum atomic E-state index is -0.240. The van der Waals surface area contributed by atoms with Crippen LogP contribution in [-0.2, 0) is 23.2 Å². The molecule has 172 valence electrons. The Balaban J connectivity index is 1.57.